The van der Waals surface area contributed by atoms with E-state index in [1.165, 1.54) is 42.6 Å². The molecule has 2 aromatic carbocycles. The Hall–Kier alpha value is -2.56. The summed E-state index contributed by atoms with van der Waals surface area (Å²) in [6.07, 6.45) is 0.465. The maximum absolute atomic E-state index is 13.4. The minimum atomic E-state index is -4.09. The predicted octanol–water partition coefficient (Wildman–Crippen LogP) is 4.24. The summed E-state index contributed by atoms with van der Waals surface area (Å²) in [5.41, 5.74) is 0.341. The number of amides is 1. The SMILES string of the molecule is O=C(Nc1cnc2c(c1)N(S(=O)(=O)c1cccc(Cl)c1)CC(CO)O2)c1c(Cl)cccc1Cl. The average Bonchev–Trinajstić information content (AvgIpc) is 2.78. The average molecular weight is 529 g/mol. The summed E-state index contributed by atoms with van der Waals surface area (Å²) in [4.78, 5) is 16.8. The molecule has 0 bridgehead atoms. The number of pyridine rings is 1. The van der Waals surface area contributed by atoms with E-state index in [-0.39, 0.29) is 49.3 Å². The Morgan fingerprint density at radius 3 is 2.52 bits per heavy atom. The van der Waals surface area contributed by atoms with E-state index in [0.29, 0.717) is 0 Å². The van der Waals surface area contributed by atoms with E-state index >= 15 is 0 Å². The molecule has 1 aliphatic heterocycles. The number of nitrogens with one attached hydrogen (secondary N) is 1. The first-order valence-corrected chi connectivity index (χ1v) is 12.1. The molecule has 0 saturated carbocycles. The van der Waals surface area contributed by atoms with E-state index in [4.69, 9.17) is 39.5 Å². The van der Waals surface area contributed by atoms with Crippen molar-refractivity contribution < 1.29 is 23.1 Å². The number of rotatable bonds is 5. The Bertz CT molecular complexity index is 1320. The van der Waals surface area contributed by atoms with Crippen molar-refractivity contribution in [1.29, 1.82) is 0 Å². The molecule has 1 amide bonds. The van der Waals surface area contributed by atoms with Gasteiger partial charge in [-0.05, 0) is 36.4 Å². The van der Waals surface area contributed by atoms with E-state index in [1.807, 2.05) is 0 Å². The number of carbonyl (C=O) groups excluding carboxylic acids is 1. The molecule has 172 valence electrons. The Balaban J connectivity index is 1.73. The molecule has 0 saturated heterocycles. The molecule has 8 nitrogen and oxygen atoms in total. The van der Waals surface area contributed by atoms with Crippen molar-refractivity contribution in [3.63, 3.8) is 0 Å². The number of aromatic nitrogens is 1. The summed E-state index contributed by atoms with van der Waals surface area (Å²) < 4.78 is 33.4. The number of nitrogens with zero attached hydrogens (tertiary/aromatic N) is 2. The van der Waals surface area contributed by atoms with Crippen LogP contribution in [0.15, 0.2) is 59.6 Å². The van der Waals surface area contributed by atoms with Crippen LogP contribution < -0.4 is 14.4 Å². The standard InChI is InChI=1S/C21H16Cl3N3O5S/c22-12-3-1-4-15(7-12)33(30,31)27-10-14(11-28)32-21-18(27)8-13(9-25-21)26-20(29)19-16(23)5-2-6-17(19)24/h1-9,14,28H,10-11H2,(H,26,29). The van der Waals surface area contributed by atoms with E-state index in [2.05, 4.69) is 10.3 Å². The van der Waals surface area contributed by atoms with Gasteiger partial charge in [0.1, 0.15) is 11.8 Å². The molecule has 0 fully saturated rings. The fourth-order valence-electron chi connectivity index (χ4n) is 3.24. The Morgan fingerprint density at radius 1 is 1.15 bits per heavy atom. The summed E-state index contributed by atoms with van der Waals surface area (Å²) in [5.74, 6) is -0.610. The first kappa shape index (κ1) is 23.6. The second-order valence-corrected chi connectivity index (χ2v) is 10.1. The lowest BCUT2D eigenvalue weighted by Crippen LogP contribution is -2.45. The van der Waals surface area contributed by atoms with Crippen LogP contribution in [-0.4, -0.2) is 43.7 Å². The molecule has 1 unspecified atom stereocenters. The van der Waals surface area contributed by atoms with Crippen LogP contribution in [0, 0.1) is 0 Å². The van der Waals surface area contributed by atoms with Gasteiger partial charge in [0.05, 0.1) is 45.5 Å². The van der Waals surface area contributed by atoms with Gasteiger partial charge in [-0.2, -0.15) is 0 Å². The lowest BCUT2D eigenvalue weighted by Gasteiger charge is -2.34. The van der Waals surface area contributed by atoms with Crippen LogP contribution in [0.25, 0.3) is 0 Å². The van der Waals surface area contributed by atoms with Gasteiger partial charge in [-0.15, -0.1) is 0 Å². The highest BCUT2D eigenvalue weighted by atomic mass is 35.5. The van der Waals surface area contributed by atoms with Crippen molar-refractivity contribution in [3.8, 4) is 5.88 Å². The minimum Gasteiger partial charge on any atom is -0.468 e. The molecular weight excluding hydrogens is 513 g/mol. The molecule has 2 heterocycles. The zero-order valence-electron chi connectivity index (χ0n) is 16.7. The van der Waals surface area contributed by atoms with Crippen LogP contribution >= 0.6 is 34.8 Å². The fraction of sp³-hybridized carbons (Fsp3) is 0.143. The van der Waals surface area contributed by atoms with E-state index in [0.717, 1.165) is 4.31 Å². The van der Waals surface area contributed by atoms with Gasteiger partial charge in [-0.1, -0.05) is 46.9 Å². The topological polar surface area (TPSA) is 109 Å². The molecule has 33 heavy (non-hydrogen) atoms. The normalized spacial score (nSPS) is 15.5. The predicted molar refractivity (Wildman–Crippen MR) is 126 cm³/mol. The molecule has 0 radical (unpaired) electrons. The Kier molecular flexibility index (Phi) is 6.69. The molecule has 1 aromatic heterocycles. The maximum atomic E-state index is 13.4. The highest BCUT2D eigenvalue weighted by Crippen LogP contribution is 2.37. The summed E-state index contributed by atoms with van der Waals surface area (Å²) in [6.45, 7) is -0.597. The zero-order chi connectivity index (χ0) is 23.8. The smallest absolute Gasteiger partial charge is 0.264 e. The van der Waals surface area contributed by atoms with Crippen molar-refractivity contribution in [3.05, 3.63) is 75.4 Å². The van der Waals surface area contributed by atoms with Crippen LogP contribution in [0.1, 0.15) is 10.4 Å². The number of halogens is 3. The summed E-state index contributed by atoms with van der Waals surface area (Å²) >= 11 is 18.2. The third kappa shape index (κ3) is 4.73. The van der Waals surface area contributed by atoms with Crippen molar-refractivity contribution in [2.24, 2.45) is 0 Å². The number of carbonyl (C=O) groups is 1. The fourth-order valence-corrected chi connectivity index (χ4v) is 5.60. The first-order chi connectivity index (χ1) is 15.7. The molecule has 0 aliphatic carbocycles. The number of aliphatic hydroxyl groups is 1. The van der Waals surface area contributed by atoms with Gasteiger partial charge in [0.2, 0.25) is 5.88 Å². The summed E-state index contributed by atoms with van der Waals surface area (Å²) in [7, 11) is -4.09. The minimum absolute atomic E-state index is 0.0142. The van der Waals surface area contributed by atoms with Crippen LogP contribution in [0.5, 0.6) is 5.88 Å². The molecule has 3 aromatic rings. The van der Waals surface area contributed by atoms with E-state index in [1.54, 1.807) is 12.1 Å². The third-order valence-electron chi connectivity index (χ3n) is 4.78. The lowest BCUT2D eigenvalue weighted by atomic mass is 10.2. The number of sulfonamides is 1. The van der Waals surface area contributed by atoms with Gasteiger partial charge in [-0.25, -0.2) is 13.4 Å². The maximum Gasteiger partial charge on any atom is 0.264 e. The lowest BCUT2D eigenvalue weighted by molar-refractivity contribution is 0.102. The number of hydrogen-bond donors (Lipinski definition) is 2. The summed E-state index contributed by atoms with van der Waals surface area (Å²) in [5, 5.41) is 12.8. The van der Waals surface area contributed by atoms with Crippen molar-refractivity contribution in [2.75, 3.05) is 22.8 Å². The second-order valence-electron chi connectivity index (χ2n) is 7.02. The van der Waals surface area contributed by atoms with Gasteiger partial charge in [-0.3, -0.25) is 9.10 Å². The van der Waals surface area contributed by atoms with Crippen LogP contribution in [0.4, 0.5) is 11.4 Å². The largest absolute Gasteiger partial charge is 0.468 e. The van der Waals surface area contributed by atoms with Crippen molar-refractivity contribution in [2.45, 2.75) is 11.0 Å². The molecule has 2 N–H and O–H groups in total. The Labute approximate surface area is 204 Å². The molecule has 1 aliphatic rings. The van der Waals surface area contributed by atoms with Crippen molar-refractivity contribution in [1.82, 2.24) is 4.98 Å². The van der Waals surface area contributed by atoms with Gasteiger partial charge >= 0.3 is 0 Å². The highest BCUT2D eigenvalue weighted by molar-refractivity contribution is 7.92. The third-order valence-corrected chi connectivity index (χ3v) is 7.42. The Morgan fingerprint density at radius 2 is 1.85 bits per heavy atom. The summed E-state index contributed by atoms with van der Waals surface area (Å²) in [6, 6.07) is 11.9. The van der Waals surface area contributed by atoms with Crippen LogP contribution in [0.2, 0.25) is 15.1 Å². The number of anilines is 2. The van der Waals surface area contributed by atoms with Gasteiger partial charge in [0.25, 0.3) is 15.9 Å². The van der Waals surface area contributed by atoms with Crippen molar-refractivity contribution >= 4 is 62.1 Å². The highest BCUT2D eigenvalue weighted by Gasteiger charge is 2.35. The number of benzene rings is 2. The number of hydrogen-bond acceptors (Lipinski definition) is 6. The van der Waals surface area contributed by atoms with Crippen LogP contribution in [0.3, 0.4) is 0 Å². The molecule has 4 rings (SSSR count). The zero-order valence-corrected chi connectivity index (χ0v) is 19.8. The van der Waals surface area contributed by atoms with E-state index < -0.39 is 28.6 Å². The number of fused-ring (bicyclic) bond motifs is 1. The first-order valence-electron chi connectivity index (χ1n) is 9.52. The van der Waals surface area contributed by atoms with Gasteiger partial charge in [0, 0.05) is 5.02 Å². The monoisotopic (exact) mass is 527 g/mol. The number of aliphatic hydroxyl groups excluding tert-OH is 1. The molecule has 1 atom stereocenters. The van der Waals surface area contributed by atoms with E-state index in [9.17, 15) is 18.3 Å². The van der Waals surface area contributed by atoms with Gasteiger partial charge < -0.3 is 15.2 Å². The molecule has 0 spiro atoms. The van der Waals surface area contributed by atoms with Crippen LogP contribution in [-0.2, 0) is 10.0 Å². The molecular formula is C21H16Cl3N3O5S. The quantitative estimate of drug-likeness (QED) is 0.513. The van der Waals surface area contributed by atoms with Gasteiger partial charge in [0.15, 0.2) is 0 Å². The number of ether oxygens (including phenoxy) is 1. The second kappa shape index (κ2) is 9.36. The molecule has 12 heteroatoms.